The van der Waals surface area contributed by atoms with Crippen LogP contribution in [0.3, 0.4) is 0 Å². The first-order chi connectivity index (χ1) is 8.48. The minimum atomic E-state index is -2.83. The first-order valence-corrected chi connectivity index (χ1v) is 9.22. The molecule has 1 aliphatic heterocycles. The summed E-state index contributed by atoms with van der Waals surface area (Å²) in [6, 6.07) is 2.54. The van der Waals surface area contributed by atoms with E-state index in [0.717, 1.165) is 12.8 Å². The lowest BCUT2D eigenvalue weighted by Crippen LogP contribution is -2.46. The average molecular weight is 285 g/mol. The molecule has 2 atom stereocenters. The number of aryl methyl sites for hydroxylation is 1. The molecule has 5 heteroatoms. The molecular weight excluding hydrogens is 266 g/mol. The fourth-order valence-electron chi connectivity index (χ4n) is 3.18. The molecule has 1 aromatic heterocycles. The Hall–Kier alpha value is -0.390. The minimum Gasteiger partial charge on any atom is -0.304 e. The second-order valence-corrected chi connectivity index (χ2v) is 8.98. The quantitative estimate of drug-likeness (QED) is 0.907. The highest BCUT2D eigenvalue weighted by Crippen LogP contribution is 2.36. The van der Waals surface area contributed by atoms with Gasteiger partial charge in [-0.3, -0.25) is 0 Å². The lowest BCUT2D eigenvalue weighted by atomic mass is 9.90. The summed E-state index contributed by atoms with van der Waals surface area (Å²) in [6.07, 6.45) is 4.25. The molecule has 1 fully saturated rings. The monoisotopic (exact) mass is 285 g/mol. The Kier molecular flexibility index (Phi) is 3.03. The number of hydrogen-bond donors (Lipinski definition) is 1. The molecule has 0 spiro atoms. The zero-order valence-corrected chi connectivity index (χ0v) is 12.2. The molecule has 1 aliphatic carbocycles. The summed E-state index contributed by atoms with van der Waals surface area (Å²) in [7, 11) is -2.83. The number of rotatable bonds is 2. The van der Waals surface area contributed by atoms with Crippen molar-refractivity contribution in [3.8, 4) is 0 Å². The van der Waals surface area contributed by atoms with Gasteiger partial charge < -0.3 is 5.32 Å². The normalized spacial score (nSPS) is 34.4. The molecule has 0 bridgehead atoms. The highest BCUT2D eigenvalue weighted by Gasteiger charge is 2.40. The molecule has 0 amide bonds. The molecule has 0 radical (unpaired) electrons. The highest BCUT2D eigenvalue weighted by molar-refractivity contribution is 7.91. The maximum Gasteiger partial charge on any atom is 0.152 e. The molecule has 2 heterocycles. The number of nitrogens with one attached hydrogen (secondary N) is 1. The fourth-order valence-corrected chi connectivity index (χ4v) is 6.27. The van der Waals surface area contributed by atoms with E-state index in [2.05, 4.69) is 23.7 Å². The topological polar surface area (TPSA) is 46.2 Å². The van der Waals surface area contributed by atoms with Crippen molar-refractivity contribution in [2.75, 3.05) is 11.5 Å². The number of thiophene rings is 1. The van der Waals surface area contributed by atoms with E-state index in [9.17, 15) is 8.42 Å². The fraction of sp³-hybridized carbons (Fsp3) is 0.692. The van der Waals surface area contributed by atoms with Crippen molar-refractivity contribution in [2.24, 2.45) is 0 Å². The zero-order valence-electron chi connectivity index (χ0n) is 10.6. The van der Waals surface area contributed by atoms with Crippen LogP contribution in [0.2, 0.25) is 0 Å². The third-order valence-electron chi connectivity index (χ3n) is 4.08. The van der Waals surface area contributed by atoms with Crippen molar-refractivity contribution >= 4 is 21.2 Å². The maximum atomic E-state index is 11.6. The predicted molar refractivity (Wildman–Crippen MR) is 74.8 cm³/mol. The van der Waals surface area contributed by atoms with Crippen LogP contribution in [0.5, 0.6) is 0 Å². The maximum absolute atomic E-state index is 11.6. The van der Waals surface area contributed by atoms with Crippen LogP contribution in [0.1, 0.15) is 42.7 Å². The van der Waals surface area contributed by atoms with E-state index < -0.39 is 9.84 Å². The SMILES string of the molecule is CC1(NC2CCCc3sccc32)CCS(=O)(=O)C1. The molecule has 18 heavy (non-hydrogen) atoms. The molecule has 0 saturated carbocycles. The summed E-state index contributed by atoms with van der Waals surface area (Å²) < 4.78 is 23.3. The number of sulfone groups is 1. The van der Waals surface area contributed by atoms with Crippen LogP contribution in [0, 0.1) is 0 Å². The van der Waals surface area contributed by atoms with E-state index in [1.165, 1.54) is 23.3 Å². The van der Waals surface area contributed by atoms with Crippen LogP contribution in [-0.2, 0) is 16.3 Å². The second-order valence-electron chi connectivity index (χ2n) is 5.79. The summed E-state index contributed by atoms with van der Waals surface area (Å²) in [6.45, 7) is 2.05. The first-order valence-electron chi connectivity index (χ1n) is 6.52. The van der Waals surface area contributed by atoms with Crippen molar-refractivity contribution in [3.63, 3.8) is 0 Å². The first kappa shape index (κ1) is 12.6. The Balaban J connectivity index is 1.79. The van der Waals surface area contributed by atoms with Gasteiger partial charge in [-0.25, -0.2) is 8.42 Å². The van der Waals surface area contributed by atoms with Gasteiger partial charge in [0.1, 0.15) is 0 Å². The molecule has 100 valence electrons. The number of fused-ring (bicyclic) bond motifs is 1. The van der Waals surface area contributed by atoms with E-state index in [-0.39, 0.29) is 11.3 Å². The van der Waals surface area contributed by atoms with Gasteiger partial charge in [-0.1, -0.05) is 0 Å². The van der Waals surface area contributed by atoms with Crippen LogP contribution in [0.4, 0.5) is 0 Å². The summed E-state index contributed by atoms with van der Waals surface area (Å²) in [5.41, 5.74) is 1.16. The van der Waals surface area contributed by atoms with Gasteiger partial charge in [0, 0.05) is 16.5 Å². The molecule has 1 N–H and O–H groups in total. The van der Waals surface area contributed by atoms with Gasteiger partial charge in [0.15, 0.2) is 9.84 Å². The van der Waals surface area contributed by atoms with E-state index in [1.807, 2.05) is 11.3 Å². The van der Waals surface area contributed by atoms with Crippen LogP contribution in [-0.4, -0.2) is 25.5 Å². The highest BCUT2D eigenvalue weighted by atomic mass is 32.2. The lowest BCUT2D eigenvalue weighted by molar-refractivity contribution is 0.321. The van der Waals surface area contributed by atoms with Gasteiger partial charge in [0.25, 0.3) is 0 Å². The summed E-state index contributed by atoms with van der Waals surface area (Å²) in [5, 5.41) is 5.77. The molecular formula is C13H19NO2S2. The molecule has 3 nitrogen and oxygen atoms in total. The Morgan fingerprint density at radius 3 is 3.06 bits per heavy atom. The smallest absolute Gasteiger partial charge is 0.152 e. The zero-order chi connectivity index (χ0) is 12.8. The average Bonchev–Trinajstić information content (AvgIpc) is 2.84. The van der Waals surface area contributed by atoms with Crippen LogP contribution >= 0.6 is 11.3 Å². The van der Waals surface area contributed by atoms with Crippen LogP contribution in [0.25, 0.3) is 0 Å². The standard InChI is InChI=1S/C13H19NO2S2/c1-13(6-8-18(15,16)9-13)14-11-3-2-4-12-10(11)5-7-17-12/h5,7,11,14H,2-4,6,8-9H2,1H3. The van der Waals surface area contributed by atoms with Gasteiger partial charge in [-0.15, -0.1) is 11.3 Å². The Morgan fingerprint density at radius 2 is 2.33 bits per heavy atom. The third kappa shape index (κ3) is 2.36. The van der Waals surface area contributed by atoms with Crippen LogP contribution in [0.15, 0.2) is 11.4 Å². The van der Waals surface area contributed by atoms with Gasteiger partial charge in [0.2, 0.25) is 0 Å². The second kappa shape index (κ2) is 4.32. The summed E-state index contributed by atoms with van der Waals surface area (Å²) in [4.78, 5) is 1.48. The molecule has 0 aromatic carbocycles. The Bertz CT molecular complexity index is 549. The van der Waals surface area contributed by atoms with E-state index in [1.54, 1.807) is 0 Å². The largest absolute Gasteiger partial charge is 0.304 e. The van der Waals surface area contributed by atoms with E-state index in [0.29, 0.717) is 11.8 Å². The van der Waals surface area contributed by atoms with E-state index in [4.69, 9.17) is 0 Å². The van der Waals surface area contributed by atoms with Crippen molar-refractivity contribution in [3.05, 3.63) is 21.9 Å². The summed E-state index contributed by atoms with van der Waals surface area (Å²) >= 11 is 1.83. The molecule has 2 aliphatic rings. The van der Waals surface area contributed by atoms with Crippen LogP contribution < -0.4 is 5.32 Å². The van der Waals surface area contributed by atoms with Gasteiger partial charge >= 0.3 is 0 Å². The third-order valence-corrected chi connectivity index (χ3v) is 6.98. The van der Waals surface area contributed by atoms with Crippen molar-refractivity contribution in [1.82, 2.24) is 5.32 Å². The lowest BCUT2D eigenvalue weighted by Gasteiger charge is -2.33. The summed E-state index contributed by atoms with van der Waals surface area (Å²) in [5.74, 6) is 0.621. The van der Waals surface area contributed by atoms with Gasteiger partial charge in [0.05, 0.1) is 11.5 Å². The van der Waals surface area contributed by atoms with Gasteiger partial charge in [-0.05, 0) is 49.6 Å². The van der Waals surface area contributed by atoms with Gasteiger partial charge in [-0.2, -0.15) is 0 Å². The Morgan fingerprint density at radius 1 is 1.50 bits per heavy atom. The number of hydrogen-bond acceptors (Lipinski definition) is 4. The van der Waals surface area contributed by atoms with Crippen molar-refractivity contribution < 1.29 is 8.42 Å². The predicted octanol–water partition coefficient (Wildman–Crippen LogP) is 2.29. The Labute approximate surface area is 113 Å². The minimum absolute atomic E-state index is 0.236. The molecule has 3 rings (SSSR count). The molecule has 2 unspecified atom stereocenters. The molecule has 1 aromatic rings. The van der Waals surface area contributed by atoms with Crippen molar-refractivity contribution in [1.29, 1.82) is 0 Å². The van der Waals surface area contributed by atoms with Crippen molar-refractivity contribution in [2.45, 2.75) is 44.2 Å². The molecule has 1 saturated heterocycles. The van der Waals surface area contributed by atoms with E-state index >= 15 is 0 Å².